The molecule has 3 aromatic rings. The lowest BCUT2D eigenvalue weighted by atomic mass is 10.3. The molecule has 0 N–H and O–H groups in total. The summed E-state index contributed by atoms with van der Waals surface area (Å²) in [6.45, 7) is 0. The molecule has 3 rings (SSSR count). The number of imidazole rings is 1. The topological polar surface area (TPSA) is 26.5 Å². The number of hydrogen-bond donors (Lipinski definition) is 0. The van der Waals surface area contributed by atoms with E-state index in [1.54, 1.807) is 0 Å². The highest BCUT2D eigenvalue weighted by Crippen LogP contribution is 2.33. The molecule has 0 bridgehead atoms. The Morgan fingerprint density at radius 2 is 2.05 bits per heavy atom. The van der Waals surface area contributed by atoms with Gasteiger partial charge in [-0.25, -0.2) is 0 Å². The molecule has 0 aliphatic heterocycles. The minimum absolute atomic E-state index is 0.328. The van der Waals surface area contributed by atoms with Crippen molar-refractivity contribution in [2.45, 2.75) is 5.88 Å². The summed E-state index contributed by atoms with van der Waals surface area (Å²) >= 11 is 12.9. The van der Waals surface area contributed by atoms with Gasteiger partial charge in [-0.05, 0) is 46.3 Å². The van der Waals surface area contributed by atoms with E-state index >= 15 is 0 Å². The average molecular weight is 417 g/mol. The van der Waals surface area contributed by atoms with Crippen LogP contribution in [0.25, 0.3) is 5.65 Å². The van der Waals surface area contributed by atoms with Crippen LogP contribution in [-0.4, -0.2) is 9.38 Å². The van der Waals surface area contributed by atoms with Crippen LogP contribution in [0, 0.1) is 0 Å². The highest BCUT2D eigenvalue weighted by molar-refractivity contribution is 9.11. The third-order valence-electron chi connectivity index (χ3n) is 2.82. The van der Waals surface area contributed by atoms with Crippen LogP contribution in [0.4, 0.5) is 0 Å². The number of alkyl halides is 1. The number of benzene rings is 1. The standard InChI is InChI=1S/C14H9Br2ClN2O/c15-9-4-5-12(10(16)7-9)20-14-11(8-17)19-6-2-1-3-13(19)18-14/h1-7H,8H2. The normalized spacial score (nSPS) is 10.9. The maximum Gasteiger partial charge on any atom is 0.242 e. The smallest absolute Gasteiger partial charge is 0.242 e. The molecule has 1 aromatic carbocycles. The minimum atomic E-state index is 0.328. The molecule has 0 radical (unpaired) electrons. The zero-order valence-electron chi connectivity index (χ0n) is 10.2. The predicted octanol–water partition coefficient (Wildman–Crippen LogP) is 5.39. The summed E-state index contributed by atoms with van der Waals surface area (Å²) < 4.78 is 9.64. The van der Waals surface area contributed by atoms with Crippen molar-refractivity contribution in [3.05, 3.63) is 57.2 Å². The number of ether oxygens (including phenoxy) is 1. The van der Waals surface area contributed by atoms with E-state index in [0.717, 1.165) is 20.3 Å². The maximum atomic E-state index is 6.02. The van der Waals surface area contributed by atoms with Crippen LogP contribution in [-0.2, 0) is 5.88 Å². The van der Waals surface area contributed by atoms with Gasteiger partial charge >= 0.3 is 0 Å². The number of pyridine rings is 1. The number of nitrogens with zero attached hydrogens (tertiary/aromatic N) is 2. The fourth-order valence-electron chi connectivity index (χ4n) is 1.89. The van der Waals surface area contributed by atoms with Gasteiger partial charge in [0.15, 0.2) is 0 Å². The molecule has 6 heteroatoms. The van der Waals surface area contributed by atoms with E-state index < -0.39 is 0 Å². The van der Waals surface area contributed by atoms with Crippen molar-refractivity contribution in [1.29, 1.82) is 0 Å². The molecule has 0 saturated heterocycles. The van der Waals surface area contributed by atoms with Gasteiger partial charge < -0.3 is 4.74 Å². The summed E-state index contributed by atoms with van der Waals surface area (Å²) in [5.41, 5.74) is 1.64. The van der Waals surface area contributed by atoms with Crippen molar-refractivity contribution in [2.75, 3.05) is 0 Å². The fourth-order valence-corrected chi connectivity index (χ4v) is 3.26. The Morgan fingerprint density at radius 3 is 2.80 bits per heavy atom. The Bertz CT molecular complexity index is 773. The Balaban J connectivity index is 2.06. The second-order valence-electron chi connectivity index (χ2n) is 4.10. The van der Waals surface area contributed by atoms with Gasteiger partial charge in [0.1, 0.15) is 17.1 Å². The molecule has 0 aliphatic carbocycles. The summed E-state index contributed by atoms with van der Waals surface area (Å²) in [5.74, 6) is 1.55. The molecule has 0 aliphatic rings. The third kappa shape index (κ3) is 2.57. The van der Waals surface area contributed by atoms with Crippen molar-refractivity contribution in [3.8, 4) is 11.6 Å². The highest BCUT2D eigenvalue weighted by atomic mass is 79.9. The second kappa shape index (κ2) is 5.76. The van der Waals surface area contributed by atoms with Crippen molar-refractivity contribution < 1.29 is 4.74 Å². The zero-order valence-corrected chi connectivity index (χ0v) is 14.1. The third-order valence-corrected chi connectivity index (χ3v) is 4.19. The van der Waals surface area contributed by atoms with Crippen molar-refractivity contribution in [2.24, 2.45) is 0 Å². The van der Waals surface area contributed by atoms with E-state index in [0.29, 0.717) is 17.5 Å². The van der Waals surface area contributed by atoms with Crippen molar-refractivity contribution in [3.63, 3.8) is 0 Å². The molecule has 0 unspecified atom stereocenters. The monoisotopic (exact) mass is 414 g/mol. The molecule has 0 saturated carbocycles. The molecular formula is C14H9Br2ClN2O. The van der Waals surface area contributed by atoms with E-state index in [9.17, 15) is 0 Å². The first-order valence-electron chi connectivity index (χ1n) is 5.84. The van der Waals surface area contributed by atoms with E-state index in [-0.39, 0.29) is 0 Å². The number of rotatable bonds is 3. The lowest BCUT2D eigenvalue weighted by Crippen LogP contribution is -1.92. The molecular weight excluding hydrogens is 407 g/mol. The summed E-state index contributed by atoms with van der Waals surface area (Å²) in [7, 11) is 0. The van der Waals surface area contributed by atoms with Gasteiger partial charge in [0, 0.05) is 10.7 Å². The number of halogens is 3. The van der Waals surface area contributed by atoms with Gasteiger partial charge in [-0.2, -0.15) is 4.98 Å². The number of hydrogen-bond acceptors (Lipinski definition) is 2. The first kappa shape index (κ1) is 13.9. The molecule has 2 heterocycles. The lowest BCUT2D eigenvalue weighted by molar-refractivity contribution is 0.458. The van der Waals surface area contributed by atoms with Gasteiger partial charge in [-0.1, -0.05) is 22.0 Å². The molecule has 0 fully saturated rings. The largest absolute Gasteiger partial charge is 0.436 e. The average Bonchev–Trinajstić information content (AvgIpc) is 2.79. The molecule has 102 valence electrons. The van der Waals surface area contributed by atoms with E-state index in [1.165, 1.54) is 0 Å². The fraction of sp³-hybridized carbons (Fsp3) is 0.0714. The quantitative estimate of drug-likeness (QED) is 0.535. The number of fused-ring (bicyclic) bond motifs is 1. The zero-order chi connectivity index (χ0) is 14.1. The number of aromatic nitrogens is 2. The van der Waals surface area contributed by atoms with Crippen LogP contribution in [0.5, 0.6) is 11.6 Å². The Morgan fingerprint density at radius 1 is 1.20 bits per heavy atom. The van der Waals surface area contributed by atoms with Crippen LogP contribution in [0.15, 0.2) is 51.5 Å². The molecule has 3 nitrogen and oxygen atoms in total. The van der Waals surface area contributed by atoms with E-state index in [2.05, 4.69) is 36.8 Å². The predicted molar refractivity (Wildman–Crippen MR) is 86.7 cm³/mol. The minimum Gasteiger partial charge on any atom is -0.436 e. The van der Waals surface area contributed by atoms with Gasteiger partial charge in [-0.15, -0.1) is 11.6 Å². The van der Waals surface area contributed by atoms with Crippen LogP contribution in [0.1, 0.15) is 5.69 Å². The summed E-state index contributed by atoms with van der Waals surface area (Å²) in [4.78, 5) is 4.47. The van der Waals surface area contributed by atoms with Gasteiger partial charge in [-0.3, -0.25) is 4.40 Å². The molecule has 2 aromatic heterocycles. The first-order chi connectivity index (χ1) is 9.69. The molecule has 0 amide bonds. The van der Waals surface area contributed by atoms with Gasteiger partial charge in [0.2, 0.25) is 5.88 Å². The Kier molecular flexibility index (Phi) is 4.01. The van der Waals surface area contributed by atoms with Crippen LogP contribution >= 0.6 is 43.5 Å². The van der Waals surface area contributed by atoms with Crippen LogP contribution in [0.3, 0.4) is 0 Å². The van der Waals surface area contributed by atoms with E-state index in [4.69, 9.17) is 16.3 Å². The van der Waals surface area contributed by atoms with Crippen molar-refractivity contribution in [1.82, 2.24) is 9.38 Å². The Hall–Kier alpha value is -1.04. The molecule has 0 spiro atoms. The summed E-state index contributed by atoms with van der Waals surface area (Å²) in [5, 5.41) is 0. The SMILES string of the molecule is ClCc1c(Oc2ccc(Br)cc2Br)nc2ccccn12. The summed E-state index contributed by atoms with van der Waals surface area (Å²) in [6.07, 6.45) is 1.92. The first-order valence-corrected chi connectivity index (χ1v) is 7.96. The molecule has 20 heavy (non-hydrogen) atoms. The van der Waals surface area contributed by atoms with Crippen molar-refractivity contribution >= 4 is 49.1 Å². The van der Waals surface area contributed by atoms with Crippen LogP contribution in [0.2, 0.25) is 0 Å². The van der Waals surface area contributed by atoms with Gasteiger partial charge in [0.05, 0.1) is 10.4 Å². The maximum absolute atomic E-state index is 6.02. The van der Waals surface area contributed by atoms with E-state index in [1.807, 2.05) is 47.0 Å². The summed E-state index contributed by atoms with van der Waals surface area (Å²) in [6, 6.07) is 11.5. The second-order valence-corrected chi connectivity index (χ2v) is 6.14. The van der Waals surface area contributed by atoms with Gasteiger partial charge in [0.25, 0.3) is 0 Å². The van der Waals surface area contributed by atoms with Crippen LogP contribution < -0.4 is 4.74 Å². The Labute approximate surface area is 137 Å². The molecule has 0 atom stereocenters. The highest BCUT2D eigenvalue weighted by Gasteiger charge is 2.14. The lowest BCUT2D eigenvalue weighted by Gasteiger charge is -2.06.